The number of H-pyrrole nitrogens is 1. The molecule has 4 nitrogen and oxygen atoms in total. The molecule has 27 heavy (non-hydrogen) atoms. The van der Waals surface area contributed by atoms with Crippen LogP contribution in [0, 0.1) is 5.92 Å². The van der Waals surface area contributed by atoms with Crippen molar-refractivity contribution in [2.24, 2.45) is 5.92 Å². The Morgan fingerprint density at radius 3 is 2.33 bits per heavy atom. The highest BCUT2D eigenvalue weighted by Gasteiger charge is 2.33. The van der Waals surface area contributed by atoms with Gasteiger partial charge >= 0.3 is 6.18 Å². The second-order valence-electron chi connectivity index (χ2n) is 6.87. The van der Waals surface area contributed by atoms with Crippen LogP contribution in [0.3, 0.4) is 0 Å². The minimum Gasteiger partial charge on any atom is -0.338 e. The number of aromatic amines is 1. The Morgan fingerprint density at radius 2 is 1.74 bits per heavy atom. The van der Waals surface area contributed by atoms with E-state index >= 15 is 0 Å². The Balaban J connectivity index is 1.56. The van der Waals surface area contributed by atoms with Crippen LogP contribution in [0.25, 0.3) is 0 Å². The first-order valence-electron chi connectivity index (χ1n) is 8.98. The predicted octanol–water partition coefficient (Wildman–Crippen LogP) is 3.88. The van der Waals surface area contributed by atoms with E-state index in [-0.39, 0.29) is 5.56 Å². The molecule has 2 heterocycles. The number of carbonyl (C=O) groups is 1. The molecular weight excluding hydrogens is 357 g/mol. The largest absolute Gasteiger partial charge is 0.431 e. The van der Waals surface area contributed by atoms with E-state index in [0.717, 1.165) is 37.8 Å². The van der Waals surface area contributed by atoms with Gasteiger partial charge in [-0.15, -0.1) is 0 Å². The van der Waals surface area contributed by atoms with Crippen molar-refractivity contribution >= 4 is 5.91 Å². The summed E-state index contributed by atoms with van der Waals surface area (Å²) in [7, 11) is 0. The van der Waals surface area contributed by atoms with Crippen molar-refractivity contribution in [1.82, 2.24) is 9.88 Å². The zero-order valence-corrected chi connectivity index (χ0v) is 14.8. The second-order valence-corrected chi connectivity index (χ2v) is 6.87. The molecule has 1 aromatic carbocycles. The molecule has 1 aromatic heterocycles. The van der Waals surface area contributed by atoms with Crippen LogP contribution in [-0.4, -0.2) is 28.9 Å². The molecule has 2 aromatic rings. The van der Waals surface area contributed by atoms with Gasteiger partial charge in [-0.25, -0.2) is 0 Å². The molecule has 1 amide bonds. The second kappa shape index (κ2) is 7.98. The molecule has 7 heteroatoms. The molecule has 1 aliphatic rings. The zero-order chi connectivity index (χ0) is 19.4. The van der Waals surface area contributed by atoms with Gasteiger partial charge in [0, 0.05) is 13.1 Å². The highest BCUT2D eigenvalue weighted by Crippen LogP contribution is 2.27. The summed E-state index contributed by atoms with van der Waals surface area (Å²) < 4.78 is 37.9. The SMILES string of the molecule is O=C(c1ccc(C(F)(F)F)[nH]c1=O)N1CCC(CCc2ccccc2)CC1. The lowest BCUT2D eigenvalue weighted by molar-refractivity contribution is -0.141. The van der Waals surface area contributed by atoms with Crippen molar-refractivity contribution < 1.29 is 18.0 Å². The number of pyridine rings is 1. The number of nitrogens with one attached hydrogen (secondary N) is 1. The third-order valence-electron chi connectivity index (χ3n) is 5.03. The van der Waals surface area contributed by atoms with E-state index in [0.29, 0.717) is 19.0 Å². The van der Waals surface area contributed by atoms with Gasteiger partial charge in [0.2, 0.25) is 0 Å². The van der Waals surface area contributed by atoms with Gasteiger partial charge in [0.15, 0.2) is 0 Å². The number of nitrogens with zero attached hydrogens (tertiary/aromatic N) is 1. The Morgan fingerprint density at radius 1 is 1.07 bits per heavy atom. The molecule has 0 bridgehead atoms. The molecule has 1 saturated heterocycles. The van der Waals surface area contributed by atoms with E-state index < -0.39 is 23.3 Å². The Bertz CT molecular complexity index is 838. The first-order valence-corrected chi connectivity index (χ1v) is 8.98. The number of halogens is 3. The number of benzene rings is 1. The smallest absolute Gasteiger partial charge is 0.338 e. The maximum absolute atomic E-state index is 12.6. The summed E-state index contributed by atoms with van der Waals surface area (Å²) in [4.78, 5) is 27.7. The van der Waals surface area contributed by atoms with Gasteiger partial charge in [-0.05, 0) is 49.3 Å². The zero-order valence-electron chi connectivity index (χ0n) is 14.8. The molecule has 1 N–H and O–H groups in total. The number of aromatic nitrogens is 1. The normalized spacial score (nSPS) is 15.7. The summed E-state index contributed by atoms with van der Waals surface area (Å²) in [6, 6.07) is 11.9. The average molecular weight is 378 g/mol. The molecule has 1 fully saturated rings. The van der Waals surface area contributed by atoms with Gasteiger partial charge in [0.1, 0.15) is 11.3 Å². The Labute approximate surface area is 155 Å². The Hall–Kier alpha value is -2.57. The Kier molecular flexibility index (Phi) is 5.68. The first-order chi connectivity index (χ1) is 12.8. The molecule has 0 spiro atoms. The topological polar surface area (TPSA) is 53.2 Å². The summed E-state index contributed by atoms with van der Waals surface area (Å²) in [6.07, 6.45) is -0.961. The quantitative estimate of drug-likeness (QED) is 0.878. The highest BCUT2D eigenvalue weighted by molar-refractivity contribution is 5.93. The highest BCUT2D eigenvalue weighted by atomic mass is 19.4. The van der Waals surface area contributed by atoms with Crippen LogP contribution in [0.2, 0.25) is 0 Å². The van der Waals surface area contributed by atoms with Crippen LogP contribution in [0.5, 0.6) is 0 Å². The number of aryl methyl sites for hydroxylation is 1. The van der Waals surface area contributed by atoms with Gasteiger partial charge in [0.05, 0.1) is 0 Å². The molecule has 0 saturated carbocycles. The van der Waals surface area contributed by atoms with Gasteiger partial charge in [-0.2, -0.15) is 13.2 Å². The van der Waals surface area contributed by atoms with Gasteiger partial charge < -0.3 is 9.88 Å². The molecule has 3 rings (SSSR count). The number of piperidine rings is 1. The standard InChI is InChI=1S/C20H21F3N2O2/c21-20(22,23)17-9-8-16(18(26)24-17)19(27)25-12-10-15(11-13-25)7-6-14-4-2-1-3-5-14/h1-5,8-9,15H,6-7,10-13H2,(H,24,26). The van der Waals surface area contributed by atoms with Gasteiger partial charge in [-0.1, -0.05) is 30.3 Å². The maximum Gasteiger partial charge on any atom is 0.431 e. The number of alkyl halides is 3. The minimum atomic E-state index is -4.64. The van der Waals surface area contributed by atoms with Crippen LogP contribution in [0.1, 0.15) is 40.9 Å². The minimum absolute atomic E-state index is 0.245. The maximum atomic E-state index is 12.6. The molecule has 1 aliphatic heterocycles. The van der Waals surface area contributed by atoms with E-state index in [1.807, 2.05) is 18.2 Å². The average Bonchev–Trinajstić information content (AvgIpc) is 2.66. The third-order valence-corrected chi connectivity index (χ3v) is 5.03. The van der Waals surface area contributed by atoms with E-state index in [2.05, 4.69) is 12.1 Å². The molecule has 0 radical (unpaired) electrons. The van der Waals surface area contributed by atoms with Crippen molar-refractivity contribution in [3.8, 4) is 0 Å². The molecule has 144 valence electrons. The molecular formula is C20H21F3N2O2. The molecule has 0 atom stereocenters. The van der Waals surface area contributed by atoms with Crippen LogP contribution in [-0.2, 0) is 12.6 Å². The van der Waals surface area contributed by atoms with Crippen molar-refractivity contribution in [2.75, 3.05) is 13.1 Å². The fraction of sp³-hybridized carbons (Fsp3) is 0.400. The van der Waals surface area contributed by atoms with Crippen LogP contribution in [0.15, 0.2) is 47.3 Å². The summed E-state index contributed by atoms with van der Waals surface area (Å²) in [5.74, 6) is -0.00775. The van der Waals surface area contributed by atoms with Crippen molar-refractivity contribution in [3.05, 3.63) is 69.6 Å². The monoisotopic (exact) mass is 378 g/mol. The van der Waals surface area contributed by atoms with E-state index in [1.54, 1.807) is 9.88 Å². The van der Waals surface area contributed by atoms with E-state index in [9.17, 15) is 22.8 Å². The number of amides is 1. The predicted molar refractivity (Wildman–Crippen MR) is 95.5 cm³/mol. The lowest BCUT2D eigenvalue weighted by atomic mass is 9.90. The van der Waals surface area contributed by atoms with Gasteiger partial charge in [-0.3, -0.25) is 9.59 Å². The van der Waals surface area contributed by atoms with E-state index in [4.69, 9.17) is 0 Å². The third kappa shape index (κ3) is 4.78. The fourth-order valence-corrected chi connectivity index (χ4v) is 3.42. The summed E-state index contributed by atoms with van der Waals surface area (Å²) in [5, 5.41) is 0. The fourth-order valence-electron chi connectivity index (χ4n) is 3.42. The van der Waals surface area contributed by atoms with Crippen LogP contribution < -0.4 is 5.56 Å². The van der Waals surface area contributed by atoms with Crippen molar-refractivity contribution in [2.45, 2.75) is 31.9 Å². The van der Waals surface area contributed by atoms with Crippen LogP contribution in [0.4, 0.5) is 13.2 Å². The summed E-state index contributed by atoms with van der Waals surface area (Å²) in [5.41, 5.74) is -1.11. The number of carbonyl (C=O) groups excluding carboxylic acids is 1. The summed E-state index contributed by atoms with van der Waals surface area (Å²) in [6.45, 7) is 1.03. The number of hydrogen-bond donors (Lipinski definition) is 1. The van der Waals surface area contributed by atoms with Crippen molar-refractivity contribution in [1.29, 1.82) is 0 Å². The number of hydrogen-bond acceptors (Lipinski definition) is 2. The summed E-state index contributed by atoms with van der Waals surface area (Å²) >= 11 is 0. The lowest BCUT2D eigenvalue weighted by Gasteiger charge is -2.32. The van der Waals surface area contributed by atoms with Crippen LogP contribution >= 0.6 is 0 Å². The number of likely N-dealkylation sites (tertiary alicyclic amines) is 1. The number of rotatable bonds is 4. The lowest BCUT2D eigenvalue weighted by Crippen LogP contribution is -2.40. The van der Waals surface area contributed by atoms with Crippen molar-refractivity contribution in [3.63, 3.8) is 0 Å². The van der Waals surface area contributed by atoms with Gasteiger partial charge in [0.25, 0.3) is 11.5 Å². The molecule has 0 unspecified atom stereocenters. The molecule has 0 aliphatic carbocycles. The first kappa shape index (κ1) is 19.2. The van der Waals surface area contributed by atoms with E-state index in [1.165, 1.54) is 5.56 Å².